The Morgan fingerprint density at radius 2 is 1.86 bits per heavy atom. The highest BCUT2D eigenvalue weighted by Gasteiger charge is 2.33. The predicted octanol–water partition coefficient (Wildman–Crippen LogP) is 5.78. The van der Waals surface area contributed by atoms with E-state index in [0.29, 0.717) is 17.2 Å². The minimum absolute atomic E-state index is 0.228. The average molecular weight is 522 g/mol. The standard InChI is InChI=1S/C27H27N3O4S2/c1-2-3-4-8-15-34-22-13-11-19(12-14-22)25-20(17-30(28-25)21-9-6-5-7-10-21)16-23-26(33)29(18-24(31)32)27(35)36-23/h5-7,9-14,16-17H,2-4,8,15,18H2,1H3,(H,31,32)/b23-16-. The van der Waals surface area contributed by atoms with Crippen molar-refractivity contribution >= 4 is 46.3 Å². The Kier molecular flexibility index (Phi) is 8.56. The van der Waals surface area contributed by atoms with Gasteiger partial charge in [0.05, 0.1) is 22.9 Å². The Labute approximate surface area is 219 Å². The summed E-state index contributed by atoms with van der Waals surface area (Å²) in [7, 11) is 0. The monoisotopic (exact) mass is 521 g/mol. The number of thioether (sulfide) groups is 1. The van der Waals surface area contributed by atoms with Crippen LogP contribution in [0.2, 0.25) is 0 Å². The number of benzene rings is 2. The number of carboxylic acids is 1. The summed E-state index contributed by atoms with van der Waals surface area (Å²) in [5.41, 5.74) is 3.17. The van der Waals surface area contributed by atoms with Crippen LogP contribution in [0.5, 0.6) is 5.75 Å². The number of nitrogens with zero attached hydrogens (tertiary/aromatic N) is 3. The molecule has 7 nitrogen and oxygen atoms in total. The molecule has 3 aromatic rings. The van der Waals surface area contributed by atoms with Gasteiger partial charge in [-0.1, -0.05) is 68.4 Å². The maximum absolute atomic E-state index is 12.8. The van der Waals surface area contributed by atoms with Crippen molar-refractivity contribution in [2.45, 2.75) is 32.6 Å². The summed E-state index contributed by atoms with van der Waals surface area (Å²) in [5, 5.41) is 13.9. The zero-order chi connectivity index (χ0) is 25.5. The van der Waals surface area contributed by atoms with Crippen LogP contribution in [-0.4, -0.2) is 49.1 Å². The number of carbonyl (C=O) groups excluding carboxylic acids is 1. The number of carbonyl (C=O) groups is 2. The fraction of sp³-hybridized carbons (Fsp3) is 0.259. The highest BCUT2D eigenvalue weighted by molar-refractivity contribution is 8.26. The SMILES string of the molecule is CCCCCCOc1ccc(-c2nn(-c3ccccc3)cc2/C=C2\SC(=S)N(CC(=O)O)C2=O)cc1. The third-order valence-electron chi connectivity index (χ3n) is 5.61. The molecule has 1 aromatic heterocycles. The molecule has 0 saturated carbocycles. The molecule has 186 valence electrons. The molecule has 1 aliphatic heterocycles. The van der Waals surface area contributed by atoms with E-state index in [4.69, 9.17) is 27.2 Å². The van der Waals surface area contributed by atoms with E-state index in [2.05, 4.69) is 6.92 Å². The number of ether oxygens (including phenoxy) is 1. The van der Waals surface area contributed by atoms with Crippen LogP contribution < -0.4 is 4.74 Å². The molecule has 1 saturated heterocycles. The summed E-state index contributed by atoms with van der Waals surface area (Å²) in [4.78, 5) is 25.4. The van der Waals surface area contributed by atoms with Gasteiger partial charge in [-0.3, -0.25) is 14.5 Å². The van der Waals surface area contributed by atoms with Gasteiger partial charge in [0.2, 0.25) is 0 Å². The minimum Gasteiger partial charge on any atom is -0.494 e. The molecule has 1 N–H and O–H groups in total. The van der Waals surface area contributed by atoms with E-state index in [1.165, 1.54) is 12.8 Å². The molecule has 9 heteroatoms. The molecule has 1 aliphatic rings. The molecule has 1 fully saturated rings. The van der Waals surface area contributed by atoms with E-state index in [1.807, 2.05) is 60.8 Å². The molecule has 4 rings (SSSR count). The van der Waals surface area contributed by atoms with Gasteiger partial charge < -0.3 is 9.84 Å². The fourth-order valence-corrected chi connectivity index (χ4v) is 5.02. The first kappa shape index (κ1) is 25.7. The van der Waals surface area contributed by atoms with Crippen molar-refractivity contribution in [3.05, 3.63) is 71.3 Å². The van der Waals surface area contributed by atoms with Gasteiger partial charge in [0.25, 0.3) is 5.91 Å². The van der Waals surface area contributed by atoms with Crippen molar-refractivity contribution in [1.82, 2.24) is 14.7 Å². The second-order valence-electron chi connectivity index (χ2n) is 8.31. The molecule has 2 aromatic carbocycles. The first-order valence-electron chi connectivity index (χ1n) is 11.8. The number of rotatable bonds is 11. The quantitative estimate of drug-likeness (QED) is 0.194. The van der Waals surface area contributed by atoms with Crippen LogP contribution in [0, 0.1) is 0 Å². The van der Waals surface area contributed by atoms with Crippen LogP contribution in [0.3, 0.4) is 0 Å². The van der Waals surface area contributed by atoms with Crippen molar-refractivity contribution in [2.24, 2.45) is 0 Å². The van der Waals surface area contributed by atoms with Crippen LogP contribution in [0.25, 0.3) is 23.0 Å². The zero-order valence-corrected chi connectivity index (χ0v) is 21.6. The van der Waals surface area contributed by atoms with Crippen LogP contribution in [0.4, 0.5) is 0 Å². The van der Waals surface area contributed by atoms with E-state index >= 15 is 0 Å². The normalized spacial score (nSPS) is 14.6. The van der Waals surface area contributed by atoms with E-state index in [0.717, 1.165) is 52.1 Å². The van der Waals surface area contributed by atoms with Gasteiger partial charge in [0.15, 0.2) is 0 Å². The van der Waals surface area contributed by atoms with Crippen LogP contribution in [0.1, 0.15) is 38.2 Å². The lowest BCUT2D eigenvalue weighted by molar-refractivity contribution is -0.140. The molecule has 1 amide bonds. The third kappa shape index (κ3) is 6.22. The first-order chi connectivity index (χ1) is 17.5. The topological polar surface area (TPSA) is 84.7 Å². The molecule has 0 spiro atoms. The van der Waals surface area contributed by atoms with E-state index in [9.17, 15) is 9.59 Å². The Bertz CT molecular complexity index is 1270. The number of para-hydroxylation sites is 1. The molecule has 0 bridgehead atoms. The number of hydrogen-bond acceptors (Lipinski definition) is 6. The molecule has 0 radical (unpaired) electrons. The number of amides is 1. The van der Waals surface area contributed by atoms with Crippen molar-refractivity contribution in [3.63, 3.8) is 0 Å². The molecular weight excluding hydrogens is 494 g/mol. The summed E-state index contributed by atoms with van der Waals surface area (Å²) in [6.07, 6.45) is 8.17. The molecular formula is C27H27N3O4S2. The fourth-order valence-electron chi connectivity index (χ4n) is 3.77. The highest BCUT2D eigenvalue weighted by atomic mass is 32.2. The average Bonchev–Trinajstić information content (AvgIpc) is 3.41. The van der Waals surface area contributed by atoms with Gasteiger partial charge in [0, 0.05) is 17.3 Å². The second kappa shape index (κ2) is 12.0. The number of aliphatic carboxylic acids is 1. The van der Waals surface area contributed by atoms with Crippen LogP contribution in [-0.2, 0) is 9.59 Å². The summed E-state index contributed by atoms with van der Waals surface area (Å²) in [5.74, 6) is -0.732. The van der Waals surface area contributed by atoms with E-state index < -0.39 is 18.4 Å². The lowest BCUT2D eigenvalue weighted by Crippen LogP contribution is -2.33. The number of thiocarbonyl (C=S) groups is 1. The lowest BCUT2D eigenvalue weighted by atomic mass is 10.1. The molecule has 0 aliphatic carbocycles. The molecule has 36 heavy (non-hydrogen) atoms. The molecule has 2 heterocycles. The summed E-state index contributed by atoms with van der Waals surface area (Å²) < 4.78 is 7.86. The Morgan fingerprint density at radius 3 is 2.56 bits per heavy atom. The van der Waals surface area contributed by atoms with Crippen molar-refractivity contribution < 1.29 is 19.4 Å². The van der Waals surface area contributed by atoms with Crippen molar-refractivity contribution in [3.8, 4) is 22.7 Å². The number of aromatic nitrogens is 2. The third-order valence-corrected chi connectivity index (χ3v) is 6.99. The zero-order valence-electron chi connectivity index (χ0n) is 19.9. The van der Waals surface area contributed by atoms with Crippen molar-refractivity contribution in [1.29, 1.82) is 0 Å². The maximum atomic E-state index is 12.8. The number of hydrogen-bond donors (Lipinski definition) is 1. The first-order valence-corrected chi connectivity index (χ1v) is 13.0. The van der Waals surface area contributed by atoms with Crippen LogP contribution >= 0.6 is 24.0 Å². The van der Waals surface area contributed by atoms with Crippen molar-refractivity contribution in [2.75, 3.05) is 13.2 Å². The maximum Gasteiger partial charge on any atom is 0.323 e. The van der Waals surface area contributed by atoms with Gasteiger partial charge in [-0.2, -0.15) is 5.10 Å². The lowest BCUT2D eigenvalue weighted by Gasteiger charge is -2.10. The largest absolute Gasteiger partial charge is 0.494 e. The van der Waals surface area contributed by atoms with Gasteiger partial charge in [-0.05, 0) is 48.9 Å². The van der Waals surface area contributed by atoms with E-state index in [1.54, 1.807) is 10.8 Å². The molecule has 0 atom stereocenters. The Hall–Kier alpha value is -3.43. The Balaban J connectivity index is 1.62. The number of carboxylic acid groups (broad SMARTS) is 1. The van der Waals surface area contributed by atoms with Gasteiger partial charge in [-0.15, -0.1) is 0 Å². The summed E-state index contributed by atoms with van der Waals surface area (Å²) in [6.45, 7) is 2.41. The highest BCUT2D eigenvalue weighted by Crippen LogP contribution is 2.35. The Morgan fingerprint density at radius 1 is 1.11 bits per heavy atom. The van der Waals surface area contributed by atoms with E-state index in [-0.39, 0.29) is 4.32 Å². The number of unbranched alkanes of at least 4 members (excludes halogenated alkanes) is 3. The van der Waals surface area contributed by atoms with Crippen LogP contribution in [0.15, 0.2) is 65.7 Å². The second-order valence-corrected chi connectivity index (χ2v) is 9.98. The van der Waals surface area contributed by atoms with Gasteiger partial charge >= 0.3 is 5.97 Å². The van der Waals surface area contributed by atoms with Gasteiger partial charge in [0.1, 0.15) is 16.6 Å². The smallest absolute Gasteiger partial charge is 0.323 e. The molecule has 0 unspecified atom stereocenters. The summed E-state index contributed by atoms with van der Waals surface area (Å²) >= 11 is 6.33. The minimum atomic E-state index is -1.11. The predicted molar refractivity (Wildman–Crippen MR) is 146 cm³/mol. The summed E-state index contributed by atoms with van der Waals surface area (Å²) in [6, 6.07) is 17.4. The van der Waals surface area contributed by atoms with Gasteiger partial charge in [-0.25, -0.2) is 4.68 Å².